The molecule has 2 amide bonds. The van der Waals surface area contributed by atoms with Crippen LogP contribution < -0.4 is 27.4 Å². The van der Waals surface area contributed by atoms with E-state index in [1.54, 1.807) is 42.6 Å². The Balaban J connectivity index is 1.42. The van der Waals surface area contributed by atoms with Gasteiger partial charge in [-0.25, -0.2) is 9.37 Å². The zero-order chi connectivity index (χ0) is 26.6. The second-order valence-corrected chi connectivity index (χ2v) is 9.17. The molecule has 0 aliphatic heterocycles. The summed E-state index contributed by atoms with van der Waals surface area (Å²) in [5.41, 5.74) is 13.5. The Labute approximate surface area is 218 Å². The molecule has 10 nitrogen and oxygen atoms in total. The topological polar surface area (TPSA) is 161 Å². The third-order valence-corrected chi connectivity index (χ3v) is 6.50. The van der Waals surface area contributed by atoms with E-state index in [1.807, 2.05) is 6.07 Å². The minimum Gasteiger partial charge on any atom is -0.365 e. The van der Waals surface area contributed by atoms with Crippen LogP contribution in [0.15, 0.2) is 60.9 Å². The van der Waals surface area contributed by atoms with Crippen LogP contribution in [0.25, 0.3) is 10.9 Å². The third kappa shape index (κ3) is 5.37. The maximum Gasteiger partial charge on any atom is 0.274 e. The summed E-state index contributed by atoms with van der Waals surface area (Å²) < 4.78 is 14.8. The van der Waals surface area contributed by atoms with Crippen LogP contribution in [0, 0.1) is 5.82 Å². The van der Waals surface area contributed by atoms with Gasteiger partial charge in [0.2, 0.25) is 0 Å². The first-order valence-electron chi connectivity index (χ1n) is 12.3. The molecule has 3 aromatic heterocycles. The molecule has 1 aliphatic rings. The standard InChI is InChI=1S/C27H27FN8O2/c28-18-13-17(24(30)37)25(36-26(18)34-20-8-2-1-7-19(20)29)33-16-12-15-6-5-10-21(23(15)32-14-16)35-27(38)22-9-3-4-11-31-22/h3-6,9-14,19-20H,1-2,7-8,29H2,(H2,30,37)(H,35,38)(H2,33,34,36)/t19-,20?/m0/s1. The van der Waals surface area contributed by atoms with Crippen molar-refractivity contribution in [2.24, 2.45) is 11.5 Å². The minimum atomic E-state index is -0.826. The summed E-state index contributed by atoms with van der Waals surface area (Å²) in [5.74, 6) is -1.79. The molecule has 0 radical (unpaired) electrons. The molecule has 1 fully saturated rings. The number of nitrogens with two attached hydrogens (primary N) is 2. The van der Waals surface area contributed by atoms with Crippen molar-refractivity contribution in [1.29, 1.82) is 0 Å². The van der Waals surface area contributed by atoms with Crippen LogP contribution in [-0.2, 0) is 0 Å². The molecule has 4 aromatic rings. The number of benzene rings is 1. The summed E-state index contributed by atoms with van der Waals surface area (Å²) in [6.07, 6.45) is 6.74. The number of pyridine rings is 3. The van der Waals surface area contributed by atoms with Crippen molar-refractivity contribution in [2.75, 3.05) is 16.0 Å². The highest BCUT2D eigenvalue weighted by Gasteiger charge is 2.24. The summed E-state index contributed by atoms with van der Waals surface area (Å²) in [7, 11) is 0. The SMILES string of the molecule is NC(=O)c1cc(F)c(NC2CCCC[C@@H]2N)nc1Nc1cnc2c(NC(=O)c3ccccn3)cccc2c1. The maximum atomic E-state index is 14.8. The van der Waals surface area contributed by atoms with Crippen LogP contribution in [-0.4, -0.2) is 38.8 Å². The van der Waals surface area contributed by atoms with Crippen molar-refractivity contribution in [3.63, 3.8) is 0 Å². The minimum absolute atomic E-state index is 0.00637. The predicted molar refractivity (Wildman–Crippen MR) is 144 cm³/mol. The monoisotopic (exact) mass is 514 g/mol. The van der Waals surface area contributed by atoms with E-state index in [0.717, 1.165) is 31.7 Å². The van der Waals surface area contributed by atoms with Gasteiger partial charge in [0.1, 0.15) is 11.5 Å². The average Bonchev–Trinajstić information content (AvgIpc) is 2.92. The van der Waals surface area contributed by atoms with Gasteiger partial charge < -0.3 is 27.4 Å². The van der Waals surface area contributed by atoms with Gasteiger partial charge in [-0.3, -0.25) is 19.6 Å². The lowest BCUT2D eigenvalue weighted by atomic mass is 9.91. The zero-order valence-electron chi connectivity index (χ0n) is 20.4. The molecule has 1 aromatic carbocycles. The summed E-state index contributed by atoms with van der Waals surface area (Å²) in [4.78, 5) is 37.6. The molecular formula is C27H27FN8O2. The molecule has 0 spiro atoms. The van der Waals surface area contributed by atoms with Gasteiger partial charge in [0.05, 0.1) is 28.7 Å². The van der Waals surface area contributed by atoms with Crippen molar-refractivity contribution < 1.29 is 14.0 Å². The fraction of sp³-hybridized carbons (Fsp3) is 0.222. The molecule has 38 heavy (non-hydrogen) atoms. The highest BCUT2D eigenvalue weighted by Crippen LogP contribution is 2.29. The number of carbonyl (C=O) groups is 2. The quantitative estimate of drug-likeness (QED) is 0.248. The molecule has 1 unspecified atom stereocenters. The van der Waals surface area contributed by atoms with Gasteiger partial charge in [0.25, 0.3) is 11.8 Å². The number of carbonyl (C=O) groups excluding carboxylic acids is 2. The van der Waals surface area contributed by atoms with Crippen LogP contribution in [0.1, 0.15) is 46.5 Å². The molecule has 1 aliphatic carbocycles. The number of fused-ring (bicyclic) bond motifs is 1. The lowest BCUT2D eigenvalue weighted by Gasteiger charge is -2.30. The third-order valence-electron chi connectivity index (χ3n) is 6.50. The number of primary amides is 1. The Morgan fingerprint density at radius 2 is 1.84 bits per heavy atom. The Morgan fingerprint density at radius 1 is 1.00 bits per heavy atom. The first-order valence-corrected chi connectivity index (χ1v) is 12.3. The lowest BCUT2D eigenvalue weighted by molar-refractivity contribution is 0.0997. The zero-order valence-corrected chi connectivity index (χ0v) is 20.4. The van der Waals surface area contributed by atoms with Gasteiger partial charge in [0.15, 0.2) is 11.6 Å². The lowest BCUT2D eigenvalue weighted by Crippen LogP contribution is -2.43. The van der Waals surface area contributed by atoms with E-state index in [2.05, 4.69) is 30.9 Å². The van der Waals surface area contributed by atoms with E-state index in [1.165, 1.54) is 6.20 Å². The van der Waals surface area contributed by atoms with E-state index < -0.39 is 11.7 Å². The fourth-order valence-corrected chi connectivity index (χ4v) is 4.54. The highest BCUT2D eigenvalue weighted by molar-refractivity contribution is 6.07. The van der Waals surface area contributed by atoms with E-state index >= 15 is 0 Å². The number of amides is 2. The van der Waals surface area contributed by atoms with E-state index in [-0.39, 0.29) is 40.9 Å². The Hall–Kier alpha value is -4.64. The molecular weight excluding hydrogens is 487 g/mol. The van der Waals surface area contributed by atoms with E-state index in [0.29, 0.717) is 22.3 Å². The number of aromatic nitrogens is 3. The predicted octanol–water partition coefficient (Wildman–Crippen LogP) is 3.94. The van der Waals surface area contributed by atoms with Crippen LogP contribution in [0.4, 0.5) is 27.4 Å². The second-order valence-electron chi connectivity index (χ2n) is 9.17. The number of halogens is 1. The summed E-state index contributed by atoms with van der Waals surface area (Å²) in [5, 5.41) is 9.68. The van der Waals surface area contributed by atoms with Crippen LogP contribution in [0.2, 0.25) is 0 Å². The van der Waals surface area contributed by atoms with Crippen LogP contribution in [0.3, 0.4) is 0 Å². The normalized spacial score (nSPS) is 17.1. The molecule has 7 N–H and O–H groups in total. The van der Waals surface area contributed by atoms with Gasteiger partial charge in [-0.15, -0.1) is 0 Å². The van der Waals surface area contributed by atoms with E-state index in [9.17, 15) is 14.0 Å². The number of hydrogen-bond acceptors (Lipinski definition) is 8. The molecule has 0 saturated heterocycles. The van der Waals surface area contributed by atoms with Crippen molar-refractivity contribution >= 4 is 45.7 Å². The van der Waals surface area contributed by atoms with Gasteiger partial charge in [-0.1, -0.05) is 31.0 Å². The van der Waals surface area contributed by atoms with E-state index in [4.69, 9.17) is 11.5 Å². The summed E-state index contributed by atoms with van der Waals surface area (Å²) >= 11 is 0. The largest absolute Gasteiger partial charge is 0.365 e. The molecule has 1 saturated carbocycles. The molecule has 0 bridgehead atoms. The maximum absolute atomic E-state index is 14.8. The Bertz CT molecular complexity index is 1500. The first kappa shape index (κ1) is 25.0. The number of nitrogens with one attached hydrogen (secondary N) is 3. The van der Waals surface area contributed by atoms with Gasteiger partial charge in [-0.2, -0.15) is 0 Å². The van der Waals surface area contributed by atoms with Crippen molar-refractivity contribution in [1.82, 2.24) is 15.0 Å². The number of anilines is 4. The molecule has 11 heteroatoms. The van der Waals surface area contributed by atoms with Crippen LogP contribution in [0.5, 0.6) is 0 Å². The van der Waals surface area contributed by atoms with Gasteiger partial charge in [-0.05, 0) is 43.2 Å². The number of para-hydroxylation sites is 1. The number of rotatable bonds is 7. The number of nitrogens with zero attached hydrogens (tertiary/aromatic N) is 3. The van der Waals surface area contributed by atoms with Crippen molar-refractivity contribution in [3.8, 4) is 0 Å². The molecule has 2 atom stereocenters. The summed E-state index contributed by atoms with van der Waals surface area (Å²) in [6, 6.07) is 13.0. The fourth-order valence-electron chi connectivity index (χ4n) is 4.54. The second kappa shape index (κ2) is 10.8. The van der Waals surface area contributed by atoms with Crippen LogP contribution >= 0.6 is 0 Å². The van der Waals surface area contributed by atoms with Crippen molar-refractivity contribution in [2.45, 2.75) is 37.8 Å². The Morgan fingerprint density at radius 3 is 2.61 bits per heavy atom. The molecule has 194 valence electrons. The first-order chi connectivity index (χ1) is 18.4. The van der Waals surface area contributed by atoms with Crippen molar-refractivity contribution in [3.05, 3.63) is 78.0 Å². The number of hydrogen-bond donors (Lipinski definition) is 5. The average molecular weight is 515 g/mol. The molecule has 3 heterocycles. The smallest absolute Gasteiger partial charge is 0.274 e. The van der Waals surface area contributed by atoms with Gasteiger partial charge in [0, 0.05) is 23.7 Å². The molecule has 5 rings (SSSR count). The van der Waals surface area contributed by atoms with Gasteiger partial charge >= 0.3 is 0 Å². The Kier molecular flexibility index (Phi) is 7.09. The summed E-state index contributed by atoms with van der Waals surface area (Å²) in [6.45, 7) is 0. The highest BCUT2D eigenvalue weighted by atomic mass is 19.1.